The van der Waals surface area contributed by atoms with Crippen molar-refractivity contribution in [2.75, 3.05) is 0 Å². The van der Waals surface area contributed by atoms with Crippen LogP contribution < -0.4 is 0 Å². The number of halogens is 1. The number of hydrogen-bond donors (Lipinski definition) is 0. The van der Waals surface area contributed by atoms with Gasteiger partial charge in [0, 0.05) is 11.4 Å². The maximum absolute atomic E-state index is 8.27. The minimum absolute atomic E-state index is 0.269. The molecule has 0 spiro atoms. The minimum atomic E-state index is 0.269. The molecule has 0 aliphatic rings. The molecule has 0 N–H and O–H groups in total. The van der Waals surface area contributed by atoms with Crippen molar-refractivity contribution in [1.82, 2.24) is 0 Å². The zero-order chi connectivity index (χ0) is 9.52. The molecule has 0 unspecified atom stereocenters. The number of nitriles is 1. The molecule has 0 bridgehead atoms. The van der Waals surface area contributed by atoms with Crippen LogP contribution in [0.3, 0.4) is 0 Å². The molecule has 1 rings (SSSR count). The molecule has 0 fully saturated rings. The van der Waals surface area contributed by atoms with E-state index in [0.29, 0.717) is 5.88 Å². The molecule has 1 nitrogen and oxygen atoms in total. The molecular weight excluding hydrogens is 182 g/mol. The first-order chi connectivity index (χ1) is 6.36. The summed E-state index contributed by atoms with van der Waals surface area (Å²) < 4.78 is 0. The van der Waals surface area contributed by atoms with Crippen LogP contribution in [0.25, 0.3) is 0 Å². The van der Waals surface area contributed by atoms with Gasteiger partial charge in [0.05, 0.1) is 12.5 Å². The lowest BCUT2D eigenvalue weighted by molar-refractivity contribution is 1.38. The van der Waals surface area contributed by atoms with Crippen molar-refractivity contribution >= 4 is 11.6 Å². The Morgan fingerprint density at radius 2 is 2.23 bits per heavy atom. The average Bonchev–Trinajstić information content (AvgIpc) is 2.19. The molecule has 1 aromatic carbocycles. The third-order valence-electron chi connectivity index (χ3n) is 1.48. The summed E-state index contributed by atoms with van der Waals surface area (Å²) in [5, 5.41) is 8.27. The molecule has 0 amide bonds. The van der Waals surface area contributed by atoms with E-state index in [0.717, 1.165) is 11.1 Å². The van der Waals surface area contributed by atoms with E-state index in [1.165, 1.54) is 0 Å². The molecule has 2 heteroatoms. The van der Waals surface area contributed by atoms with Crippen LogP contribution in [0.1, 0.15) is 17.5 Å². The maximum atomic E-state index is 8.27. The van der Waals surface area contributed by atoms with Crippen LogP contribution in [-0.2, 0) is 5.88 Å². The van der Waals surface area contributed by atoms with Gasteiger partial charge < -0.3 is 0 Å². The highest BCUT2D eigenvalue weighted by Crippen LogP contribution is 2.06. The van der Waals surface area contributed by atoms with E-state index in [1.807, 2.05) is 30.3 Å². The van der Waals surface area contributed by atoms with Gasteiger partial charge in [0.2, 0.25) is 0 Å². The molecule has 0 saturated carbocycles. The summed E-state index contributed by atoms with van der Waals surface area (Å²) in [5.74, 6) is 6.13. The number of rotatable bonds is 1. The van der Waals surface area contributed by atoms with Gasteiger partial charge in [0.15, 0.2) is 0 Å². The van der Waals surface area contributed by atoms with Crippen molar-refractivity contribution in [2.24, 2.45) is 0 Å². The summed E-state index contributed by atoms with van der Waals surface area (Å²) >= 11 is 5.66. The zero-order valence-electron chi connectivity index (χ0n) is 7.05. The lowest BCUT2D eigenvalue weighted by Gasteiger charge is -1.94. The summed E-state index contributed by atoms with van der Waals surface area (Å²) in [7, 11) is 0. The average molecular weight is 190 g/mol. The van der Waals surface area contributed by atoms with Gasteiger partial charge in [0.1, 0.15) is 0 Å². The lowest BCUT2D eigenvalue weighted by Crippen LogP contribution is -1.79. The molecule has 0 aliphatic carbocycles. The highest BCUT2D eigenvalue weighted by Gasteiger charge is 1.90. The summed E-state index contributed by atoms with van der Waals surface area (Å²) in [4.78, 5) is 0. The number of hydrogen-bond acceptors (Lipinski definition) is 1. The SMILES string of the molecule is N#CCC#Cc1cccc(CCl)c1. The van der Waals surface area contributed by atoms with Gasteiger partial charge in [-0.3, -0.25) is 0 Å². The molecule has 0 aromatic heterocycles. The van der Waals surface area contributed by atoms with Gasteiger partial charge in [-0.2, -0.15) is 5.26 Å². The Morgan fingerprint density at radius 3 is 2.92 bits per heavy atom. The summed E-state index contributed by atoms with van der Waals surface area (Å²) in [6, 6.07) is 9.66. The van der Waals surface area contributed by atoms with Gasteiger partial charge in [-0.1, -0.05) is 24.0 Å². The molecule has 1 aromatic rings. The highest BCUT2D eigenvalue weighted by molar-refractivity contribution is 6.17. The van der Waals surface area contributed by atoms with Crippen LogP contribution in [0.4, 0.5) is 0 Å². The number of alkyl halides is 1. The third kappa shape index (κ3) is 3.20. The first-order valence-corrected chi connectivity index (χ1v) is 4.41. The zero-order valence-corrected chi connectivity index (χ0v) is 7.80. The summed E-state index contributed by atoms with van der Waals surface area (Å²) in [5.41, 5.74) is 1.96. The van der Waals surface area contributed by atoms with E-state index in [9.17, 15) is 0 Å². The lowest BCUT2D eigenvalue weighted by atomic mass is 10.1. The Kier molecular flexibility index (Phi) is 3.89. The van der Waals surface area contributed by atoms with Gasteiger partial charge in [-0.25, -0.2) is 0 Å². The Hall–Kier alpha value is -1.44. The molecule has 0 atom stereocenters. The van der Waals surface area contributed by atoms with Crippen molar-refractivity contribution in [2.45, 2.75) is 12.3 Å². The van der Waals surface area contributed by atoms with Crippen molar-refractivity contribution in [1.29, 1.82) is 5.26 Å². The molecule has 0 aliphatic heterocycles. The molecule has 0 radical (unpaired) electrons. The predicted octanol–water partition coefficient (Wildman–Crippen LogP) is 2.69. The second-order valence-electron chi connectivity index (χ2n) is 2.47. The molecule has 0 saturated heterocycles. The summed E-state index contributed by atoms with van der Waals surface area (Å²) in [6.07, 6.45) is 0.269. The van der Waals surface area contributed by atoms with Crippen LogP contribution in [0.15, 0.2) is 24.3 Å². The van der Waals surface area contributed by atoms with Crippen LogP contribution in [0.5, 0.6) is 0 Å². The second-order valence-corrected chi connectivity index (χ2v) is 2.74. The molecule has 0 heterocycles. The fourth-order valence-electron chi connectivity index (χ4n) is 0.918. The van der Waals surface area contributed by atoms with E-state index < -0.39 is 0 Å². The Balaban J connectivity index is 2.80. The van der Waals surface area contributed by atoms with E-state index in [4.69, 9.17) is 16.9 Å². The Bertz CT molecular complexity index is 379. The predicted molar refractivity (Wildman–Crippen MR) is 53.1 cm³/mol. The fourth-order valence-corrected chi connectivity index (χ4v) is 1.08. The van der Waals surface area contributed by atoms with Crippen LogP contribution in [0.2, 0.25) is 0 Å². The minimum Gasteiger partial charge on any atom is -0.197 e. The van der Waals surface area contributed by atoms with Crippen molar-refractivity contribution in [3.63, 3.8) is 0 Å². The van der Waals surface area contributed by atoms with Crippen molar-refractivity contribution in [3.05, 3.63) is 35.4 Å². The number of benzene rings is 1. The Morgan fingerprint density at radius 1 is 1.38 bits per heavy atom. The first kappa shape index (κ1) is 9.65. The smallest absolute Gasteiger partial charge is 0.0966 e. The molecule has 13 heavy (non-hydrogen) atoms. The van der Waals surface area contributed by atoms with Crippen molar-refractivity contribution in [3.8, 4) is 17.9 Å². The fraction of sp³-hybridized carbons (Fsp3) is 0.182. The first-order valence-electron chi connectivity index (χ1n) is 3.87. The maximum Gasteiger partial charge on any atom is 0.0966 e. The normalized spacial score (nSPS) is 8.31. The van der Waals surface area contributed by atoms with Crippen molar-refractivity contribution < 1.29 is 0 Å². The largest absolute Gasteiger partial charge is 0.197 e. The van der Waals surface area contributed by atoms with E-state index in [-0.39, 0.29) is 6.42 Å². The molecule has 64 valence electrons. The summed E-state index contributed by atoms with van der Waals surface area (Å²) in [6.45, 7) is 0. The molecular formula is C11H8ClN. The topological polar surface area (TPSA) is 23.8 Å². The van der Waals surface area contributed by atoms with Crippen LogP contribution >= 0.6 is 11.6 Å². The standard InChI is InChI=1S/C11H8ClN/c12-9-11-6-3-5-10(8-11)4-1-2-7-13/h3,5-6,8H,2,9H2. The highest BCUT2D eigenvalue weighted by atomic mass is 35.5. The quantitative estimate of drug-likeness (QED) is 0.492. The third-order valence-corrected chi connectivity index (χ3v) is 1.79. The van der Waals surface area contributed by atoms with E-state index >= 15 is 0 Å². The second kappa shape index (κ2) is 5.25. The van der Waals surface area contributed by atoms with Gasteiger partial charge in [-0.15, -0.1) is 11.6 Å². The monoisotopic (exact) mass is 189 g/mol. The number of nitrogens with zero attached hydrogens (tertiary/aromatic N) is 1. The van der Waals surface area contributed by atoms with Gasteiger partial charge in [-0.05, 0) is 17.7 Å². The van der Waals surface area contributed by atoms with Gasteiger partial charge >= 0.3 is 0 Å². The van der Waals surface area contributed by atoms with Gasteiger partial charge in [0.25, 0.3) is 0 Å². The van der Waals surface area contributed by atoms with Crippen LogP contribution in [0, 0.1) is 23.2 Å². The van der Waals surface area contributed by atoms with E-state index in [2.05, 4.69) is 11.8 Å². The van der Waals surface area contributed by atoms with Crippen LogP contribution in [-0.4, -0.2) is 0 Å². The van der Waals surface area contributed by atoms with E-state index in [1.54, 1.807) is 0 Å². The Labute approximate surface area is 83.0 Å².